The number of pyridine rings is 1. The average molecular weight is 278 g/mol. The molecule has 0 fully saturated rings. The van der Waals surface area contributed by atoms with E-state index in [1.54, 1.807) is 12.1 Å². The van der Waals surface area contributed by atoms with Crippen LogP contribution in [0, 0.1) is 12.3 Å². The van der Waals surface area contributed by atoms with E-state index in [1.165, 1.54) is 11.8 Å². The lowest BCUT2D eigenvalue weighted by molar-refractivity contribution is 1.06. The molecule has 0 saturated carbocycles. The molecule has 1 aromatic heterocycles. The van der Waals surface area contributed by atoms with Gasteiger partial charge in [0.15, 0.2) is 0 Å². The molecule has 18 heavy (non-hydrogen) atoms. The second-order valence-corrected chi connectivity index (χ2v) is 5.25. The molecule has 2 rings (SSSR count). The van der Waals surface area contributed by atoms with Gasteiger partial charge >= 0.3 is 0 Å². The summed E-state index contributed by atoms with van der Waals surface area (Å²) >= 11 is 7.57. The van der Waals surface area contributed by atoms with Crippen molar-refractivity contribution in [2.75, 3.05) is 0 Å². The number of nitrogens with two attached hydrogens (primary N) is 1. The van der Waals surface area contributed by atoms with Crippen LogP contribution in [0.5, 0.6) is 0 Å². The Kier molecular flexibility index (Phi) is 3.89. The third-order valence-corrected chi connectivity index (χ3v) is 3.73. The van der Waals surface area contributed by atoms with Gasteiger partial charge in [-0.05, 0) is 31.2 Å². The van der Waals surface area contributed by atoms with Gasteiger partial charge in [-0.1, -0.05) is 35.5 Å². The molecule has 0 atom stereocenters. The molecule has 0 bridgehead atoms. The lowest BCUT2D eigenvalue weighted by Gasteiger charge is -2.06. The number of nitrogen functional groups attached to an aromatic ring is 1. The number of rotatable bonds is 3. The number of hydrogen-bond acceptors (Lipinski definition) is 3. The molecule has 3 nitrogen and oxygen atoms in total. The van der Waals surface area contributed by atoms with Gasteiger partial charge < -0.3 is 5.73 Å². The minimum atomic E-state index is 0.0431. The number of nitrogens with zero attached hydrogens (tertiary/aromatic N) is 1. The maximum Gasteiger partial charge on any atom is 0.122 e. The van der Waals surface area contributed by atoms with E-state index in [9.17, 15) is 0 Å². The Morgan fingerprint density at radius 1 is 1.33 bits per heavy atom. The molecule has 0 spiro atoms. The maximum absolute atomic E-state index is 7.47. The van der Waals surface area contributed by atoms with Crippen molar-refractivity contribution in [1.29, 1.82) is 5.41 Å². The molecular formula is C13H12ClN3S. The van der Waals surface area contributed by atoms with E-state index in [4.69, 9.17) is 22.7 Å². The highest BCUT2D eigenvalue weighted by Crippen LogP contribution is 2.32. The number of halogens is 1. The zero-order chi connectivity index (χ0) is 13.1. The molecule has 0 aliphatic carbocycles. The molecule has 0 radical (unpaired) electrons. The maximum atomic E-state index is 7.47. The first kappa shape index (κ1) is 12.9. The molecule has 92 valence electrons. The predicted octanol–water partition coefficient (Wildman–Crippen LogP) is 3.48. The second-order valence-electron chi connectivity index (χ2n) is 3.78. The molecular weight excluding hydrogens is 266 g/mol. The van der Waals surface area contributed by atoms with Crippen molar-refractivity contribution in [2.24, 2.45) is 5.73 Å². The van der Waals surface area contributed by atoms with Gasteiger partial charge in [0, 0.05) is 16.2 Å². The Balaban J connectivity index is 2.35. The van der Waals surface area contributed by atoms with Gasteiger partial charge in [-0.2, -0.15) is 0 Å². The number of aromatic nitrogens is 1. The summed E-state index contributed by atoms with van der Waals surface area (Å²) in [6.45, 7) is 1.88. The smallest absolute Gasteiger partial charge is 0.122 e. The van der Waals surface area contributed by atoms with Crippen LogP contribution in [0.25, 0.3) is 0 Å². The Bertz CT molecular complexity index is 599. The summed E-state index contributed by atoms with van der Waals surface area (Å²) in [5, 5.41) is 8.94. The third kappa shape index (κ3) is 3.03. The van der Waals surface area contributed by atoms with E-state index in [0.29, 0.717) is 10.6 Å². The first-order valence-corrected chi connectivity index (χ1v) is 6.51. The van der Waals surface area contributed by atoms with Crippen molar-refractivity contribution < 1.29 is 0 Å². The topological polar surface area (TPSA) is 62.8 Å². The summed E-state index contributed by atoms with van der Waals surface area (Å²) in [5.74, 6) is 0.0431. The molecule has 0 aliphatic heterocycles. The van der Waals surface area contributed by atoms with Crippen molar-refractivity contribution >= 4 is 29.2 Å². The van der Waals surface area contributed by atoms with Gasteiger partial charge in [0.1, 0.15) is 10.9 Å². The number of hydrogen-bond donors (Lipinski definition) is 2. The van der Waals surface area contributed by atoms with Gasteiger partial charge in [0.05, 0.1) is 5.02 Å². The van der Waals surface area contributed by atoms with E-state index in [0.717, 1.165) is 15.6 Å². The second kappa shape index (κ2) is 5.42. The standard InChI is InChI=1S/C13H12ClN3S/c1-8-6-9(13(15)16)7-12(17-8)18-11-5-3-2-4-10(11)14/h2-7H,1H3,(H3,15,16). The highest BCUT2D eigenvalue weighted by atomic mass is 35.5. The molecule has 0 saturated heterocycles. The Morgan fingerprint density at radius 2 is 2.06 bits per heavy atom. The zero-order valence-electron chi connectivity index (χ0n) is 9.77. The van der Waals surface area contributed by atoms with E-state index in [1.807, 2.05) is 31.2 Å². The first-order valence-electron chi connectivity index (χ1n) is 5.32. The van der Waals surface area contributed by atoms with Crippen molar-refractivity contribution in [3.05, 3.63) is 52.7 Å². The normalized spacial score (nSPS) is 10.3. The number of nitrogens with one attached hydrogen (secondary N) is 1. The monoisotopic (exact) mass is 277 g/mol. The summed E-state index contributed by atoms with van der Waals surface area (Å²) in [4.78, 5) is 5.34. The van der Waals surface area contributed by atoms with Crippen molar-refractivity contribution in [3.63, 3.8) is 0 Å². The largest absolute Gasteiger partial charge is 0.384 e. The molecule has 5 heteroatoms. The predicted molar refractivity (Wildman–Crippen MR) is 75.6 cm³/mol. The Morgan fingerprint density at radius 3 is 2.72 bits per heavy atom. The summed E-state index contributed by atoms with van der Waals surface area (Å²) < 4.78 is 0. The minimum absolute atomic E-state index is 0.0431. The number of benzene rings is 1. The molecule has 1 aromatic carbocycles. The minimum Gasteiger partial charge on any atom is -0.384 e. The van der Waals surface area contributed by atoms with Crippen LogP contribution in [0.3, 0.4) is 0 Å². The van der Waals surface area contributed by atoms with Crippen LogP contribution < -0.4 is 5.73 Å². The van der Waals surface area contributed by atoms with Crippen molar-refractivity contribution in [3.8, 4) is 0 Å². The van der Waals surface area contributed by atoms with Crippen LogP contribution in [-0.2, 0) is 0 Å². The highest BCUT2D eigenvalue weighted by molar-refractivity contribution is 7.99. The van der Waals surface area contributed by atoms with Crippen LogP contribution >= 0.6 is 23.4 Å². The average Bonchev–Trinajstić information content (AvgIpc) is 2.31. The number of aryl methyl sites for hydroxylation is 1. The summed E-state index contributed by atoms with van der Waals surface area (Å²) in [5.41, 5.74) is 7.00. The van der Waals surface area contributed by atoms with Crippen LogP contribution in [-0.4, -0.2) is 10.8 Å². The van der Waals surface area contributed by atoms with Crippen LogP contribution in [0.4, 0.5) is 0 Å². The van der Waals surface area contributed by atoms with Gasteiger partial charge in [-0.15, -0.1) is 0 Å². The van der Waals surface area contributed by atoms with Crippen molar-refractivity contribution in [2.45, 2.75) is 16.8 Å². The van der Waals surface area contributed by atoms with Crippen molar-refractivity contribution in [1.82, 2.24) is 4.98 Å². The molecule has 0 aliphatic rings. The first-order chi connectivity index (χ1) is 8.56. The van der Waals surface area contributed by atoms with Gasteiger partial charge in [-0.3, -0.25) is 5.41 Å². The summed E-state index contributed by atoms with van der Waals surface area (Å²) in [6.07, 6.45) is 0. The van der Waals surface area contributed by atoms with Crippen LogP contribution in [0.1, 0.15) is 11.3 Å². The SMILES string of the molecule is Cc1cc(C(=N)N)cc(Sc2ccccc2Cl)n1. The van der Waals surface area contributed by atoms with Gasteiger partial charge in [0.25, 0.3) is 0 Å². The fraction of sp³-hybridized carbons (Fsp3) is 0.0769. The zero-order valence-corrected chi connectivity index (χ0v) is 11.3. The Hall–Kier alpha value is -1.52. The number of amidine groups is 1. The van der Waals surface area contributed by atoms with Gasteiger partial charge in [0.2, 0.25) is 0 Å². The van der Waals surface area contributed by atoms with E-state index in [-0.39, 0.29) is 5.84 Å². The van der Waals surface area contributed by atoms with E-state index in [2.05, 4.69) is 4.98 Å². The molecule has 2 aromatic rings. The highest BCUT2D eigenvalue weighted by Gasteiger charge is 2.06. The van der Waals surface area contributed by atoms with Gasteiger partial charge in [-0.25, -0.2) is 4.98 Å². The summed E-state index contributed by atoms with van der Waals surface area (Å²) in [7, 11) is 0. The van der Waals surface area contributed by atoms with E-state index >= 15 is 0 Å². The fourth-order valence-electron chi connectivity index (χ4n) is 1.49. The molecule has 3 N–H and O–H groups in total. The molecule has 0 amide bonds. The Labute approximate surface area is 115 Å². The lowest BCUT2D eigenvalue weighted by Crippen LogP contribution is -2.11. The summed E-state index contributed by atoms with van der Waals surface area (Å²) in [6, 6.07) is 11.2. The quantitative estimate of drug-likeness (QED) is 0.667. The van der Waals surface area contributed by atoms with Crippen LogP contribution in [0.15, 0.2) is 46.3 Å². The third-order valence-electron chi connectivity index (χ3n) is 2.29. The van der Waals surface area contributed by atoms with Crippen LogP contribution in [0.2, 0.25) is 5.02 Å². The fourth-order valence-corrected chi connectivity index (χ4v) is 2.65. The molecule has 1 heterocycles. The lowest BCUT2D eigenvalue weighted by atomic mass is 10.2. The molecule has 0 unspecified atom stereocenters. The van der Waals surface area contributed by atoms with E-state index < -0.39 is 0 Å².